The number of carbonyl (C=O) groups is 1. The number of amides is 1. The highest BCUT2D eigenvalue weighted by atomic mass is 35.5. The fourth-order valence-corrected chi connectivity index (χ4v) is 1.89. The summed E-state index contributed by atoms with van der Waals surface area (Å²) in [6.07, 6.45) is 0. The Balaban J connectivity index is 2.00. The average molecular weight is 327 g/mol. The van der Waals surface area contributed by atoms with Crippen molar-refractivity contribution in [2.24, 2.45) is 7.05 Å². The van der Waals surface area contributed by atoms with Gasteiger partial charge in [0.1, 0.15) is 5.75 Å². The van der Waals surface area contributed by atoms with E-state index in [-0.39, 0.29) is 11.1 Å². The Hall–Kier alpha value is -2.26. The largest absolute Gasteiger partial charge is 0.495 e. The lowest BCUT2D eigenvalue weighted by atomic mass is 10.2. The van der Waals surface area contributed by atoms with Gasteiger partial charge in [-0.1, -0.05) is 16.7 Å². The Bertz CT molecular complexity index is 689. The SMILES string of the molecule is COc1ccc(C(=O)NC(=S)Nc2nnn(C)n2)cc1Cl. The van der Waals surface area contributed by atoms with Crippen molar-refractivity contribution >= 4 is 40.8 Å². The lowest BCUT2D eigenvalue weighted by Gasteiger charge is -2.08. The summed E-state index contributed by atoms with van der Waals surface area (Å²) < 4.78 is 5.01. The van der Waals surface area contributed by atoms with Crippen molar-refractivity contribution in [1.29, 1.82) is 0 Å². The van der Waals surface area contributed by atoms with Crippen LogP contribution in [0.5, 0.6) is 5.75 Å². The molecule has 110 valence electrons. The van der Waals surface area contributed by atoms with Gasteiger partial charge in [-0.2, -0.15) is 4.80 Å². The molecule has 2 N–H and O–H groups in total. The van der Waals surface area contributed by atoms with E-state index in [4.69, 9.17) is 28.6 Å². The molecule has 0 aliphatic carbocycles. The number of carbonyl (C=O) groups excluding carboxylic acids is 1. The van der Waals surface area contributed by atoms with Crippen LogP contribution < -0.4 is 15.4 Å². The lowest BCUT2D eigenvalue weighted by Crippen LogP contribution is -2.34. The fraction of sp³-hybridized carbons (Fsp3) is 0.182. The first-order valence-electron chi connectivity index (χ1n) is 5.69. The maximum absolute atomic E-state index is 12.0. The van der Waals surface area contributed by atoms with Crippen molar-refractivity contribution in [3.05, 3.63) is 28.8 Å². The summed E-state index contributed by atoms with van der Waals surface area (Å²) in [4.78, 5) is 13.3. The smallest absolute Gasteiger partial charge is 0.269 e. The van der Waals surface area contributed by atoms with Gasteiger partial charge in [0.2, 0.25) is 0 Å². The Labute approximate surface area is 130 Å². The van der Waals surface area contributed by atoms with Crippen LogP contribution in [-0.4, -0.2) is 38.3 Å². The van der Waals surface area contributed by atoms with E-state index in [0.29, 0.717) is 16.3 Å². The molecule has 1 aromatic carbocycles. The minimum atomic E-state index is -0.416. The van der Waals surface area contributed by atoms with E-state index >= 15 is 0 Å². The first kappa shape index (κ1) is 15.1. The third-order valence-corrected chi connectivity index (χ3v) is 2.87. The van der Waals surface area contributed by atoms with Crippen LogP contribution in [0.25, 0.3) is 0 Å². The summed E-state index contributed by atoms with van der Waals surface area (Å²) in [5, 5.41) is 16.7. The van der Waals surface area contributed by atoms with Gasteiger partial charge in [-0.05, 0) is 35.6 Å². The number of ether oxygens (including phenoxy) is 1. The molecule has 0 fully saturated rings. The van der Waals surface area contributed by atoms with Crippen LogP contribution in [0.3, 0.4) is 0 Å². The monoisotopic (exact) mass is 326 g/mol. The molecule has 2 aromatic rings. The molecule has 1 amide bonds. The van der Waals surface area contributed by atoms with Gasteiger partial charge in [-0.3, -0.25) is 15.4 Å². The highest BCUT2D eigenvalue weighted by Crippen LogP contribution is 2.24. The van der Waals surface area contributed by atoms with Crippen LogP contribution in [0.2, 0.25) is 5.02 Å². The number of anilines is 1. The molecule has 2 rings (SSSR count). The maximum Gasteiger partial charge on any atom is 0.269 e. The number of halogens is 1. The number of rotatable bonds is 3. The summed E-state index contributed by atoms with van der Waals surface area (Å²) in [5.74, 6) is 0.259. The molecule has 0 saturated carbocycles. The van der Waals surface area contributed by atoms with Gasteiger partial charge in [-0.15, -0.1) is 5.10 Å². The lowest BCUT2D eigenvalue weighted by molar-refractivity contribution is 0.0977. The zero-order chi connectivity index (χ0) is 15.4. The van der Waals surface area contributed by atoms with E-state index < -0.39 is 5.91 Å². The van der Waals surface area contributed by atoms with Gasteiger partial charge in [-0.25, -0.2) is 0 Å². The van der Waals surface area contributed by atoms with Crippen molar-refractivity contribution in [3.63, 3.8) is 0 Å². The standard InChI is InChI=1S/C11H11ClN6O2S/c1-18-16-10(15-17-18)14-11(21)13-9(19)6-3-4-8(20-2)7(12)5-6/h3-5H,1-2H3,(H2,13,14,16,19,21). The first-order chi connectivity index (χ1) is 9.99. The summed E-state index contributed by atoms with van der Waals surface area (Å²) in [6, 6.07) is 4.65. The second kappa shape index (κ2) is 6.46. The number of aromatic nitrogens is 4. The van der Waals surface area contributed by atoms with Gasteiger partial charge in [0, 0.05) is 5.56 Å². The summed E-state index contributed by atoms with van der Waals surface area (Å²) >= 11 is 10.9. The highest BCUT2D eigenvalue weighted by Gasteiger charge is 2.11. The molecule has 1 aromatic heterocycles. The van der Waals surface area contributed by atoms with E-state index in [1.807, 2.05) is 0 Å². The molecule has 1 heterocycles. The number of tetrazole rings is 1. The van der Waals surface area contributed by atoms with Crippen molar-refractivity contribution in [2.45, 2.75) is 0 Å². The average Bonchev–Trinajstić information content (AvgIpc) is 2.83. The van der Waals surface area contributed by atoms with Crippen LogP contribution in [-0.2, 0) is 7.05 Å². The number of benzene rings is 1. The van der Waals surface area contributed by atoms with E-state index in [1.165, 1.54) is 18.0 Å². The molecule has 8 nitrogen and oxygen atoms in total. The summed E-state index contributed by atoms with van der Waals surface area (Å²) in [6.45, 7) is 0. The molecule has 0 atom stereocenters. The number of hydrogen-bond donors (Lipinski definition) is 2. The van der Waals surface area contributed by atoms with Gasteiger partial charge >= 0.3 is 0 Å². The minimum absolute atomic E-state index is 0.0555. The number of methoxy groups -OCH3 is 1. The molecule has 0 bridgehead atoms. The fourth-order valence-electron chi connectivity index (χ4n) is 1.45. The molecule has 0 spiro atoms. The summed E-state index contributed by atoms with van der Waals surface area (Å²) in [7, 11) is 3.10. The molecule has 0 aliphatic heterocycles. The second-order valence-corrected chi connectivity index (χ2v) is 4.68. The van der Waals surface area contributed by atoms with Crippen molar-refractivity contribution in [3.8, 4) is 5.75 Å². The zero-order valence-corrected chi connectivity index (χ0v) is 12.7. The summed E-state index contributed by atoms with van der Waals surface area (Å²) in [5.41, 5.74) is 0.344. The normalized spacial score (nSPS) is 10.0. The Morgan fingerprint density at radius 3 is 2.81 bits per heavy atom. The van der Waals surface area contributed by atoms with Crippen LogP contribution in [0, 0.1) is 0 Å². The number of nitrogens with zero attached hydrogens (tertiary/aromatic N) is 4. The molecule has 0 aliphatic rings. The molecular formula is C11H11ClN6O2S. The second-order valence-electron chi connectivity index (χ2n) is 3.86. The minimum Gasteiger partial charge on any atom is -0.495 e. The third kappa shape index (κ3) is 3.86. The molecule has 0 radical (unpaired) electrons. The predicted molar refractivity (Wildman–Crippen MR) is 80.5 cm³/mol. The zero-order valence-electron chi connectivity index (χ0n) is 11.1. The first-order valence-corrected chi connectivity index (χ1v) is 6.48. The van der Waals surface area contributed by atoms with Crippen LogP contribution in [0.1, 0.15) is 10.4 Å². The number of aryl methyl sites for hydroxylation is 1. The topological polar surface area (TPSA) is 94.0 Å². The van der Waals surface area contributed by atoms with Gasteiger partial charge < -0.3 is 4.74 Å². The van der Waals surface area contributed by atoms with E-state index in [0.717, 1.165) is 0 Å². The quantitative estimate of drug-likeness (QED) is 0.812. The van der Waals surface area contributed by atoms with Crippen LogP contribution in [0.15, 0.2) is 18.2 Å². The Kier molecular flexibility index (Phi) is 4.66. The van der Waals surface area contributed by atoms with Gasteiger partial charge in [0.15, 0.2) is 5.11 Å². The Morgan fingerprint density at radius 1 is 1.48 bits per heavy atom. The highest BCUT2D eigenvalue weighted by molar-refractivity contribution is 7.80. The maximum atomic E-state index is 12.0. The van der Waals surface area contributed by atoms with Gasteiger partial charge in [0.25, 0.3) is 11.9 Å². The number of nitrogens with one attached hydrogen (secondary N) is 2. The number of thiocarbonyl (C=S) groups is 1. The Morgan fingerprint density at radius 2 is 2.24 bits per heavy atom. The molecule has 0 unspecified atom stereocenters. The van der Waals surface area contributed by atoms with E-state index in [1.54, 1.807) is 19.2 Å². The van der Waals surface area contributed by atoms with Crippen molar-refractivity contribution in [1.82, 2.24) is 25.5 Å². The molecule has 0 saturated heterocycles. The van der Waals surface area contributed by atoms with E-state index in [9.17, 15) is 4.79 Å². The van der Waals surface area contributed by atoms with Crippen molar-refractivity contribution < 1.29 is 9.53 Å². The number of hydrogen-bond acceptors (Lipinski definition) is 6. The van der Waals surface area contributed by atoms with Crippen molar-refractivity contribution in [2.75, 3.05) is 12.4 Å². The predicted octanol–water partition coefficient (Wildman–Crippen LogP) is 0.999. The van der Waals surface area contributed by atoms with E-state index in [2.05, 4.69) is 26.0 Å². The van der Waals surface area contributed by atoms with Gasteiger partial charge in [0.05, 0.1) is 19.2 Å². The molecular weight excluding hydrogens is 316 g/mol. The molecule has 21 heavy (non-hydrogen) atoms. The third-order valence-electron chi connectivity index (χ3n) is 2.37. The van der Waals surface area contributed by atoms with Crippen LogP contribution in [0.4, 0.5) is 5.95 Å². The van der Waals surface area contributed by atoms with Crippen LogP contribution >= 0.6 is 23.8 Å². The molecule has 10 heteroatoms.